The first-order chi connectivity index (χ1) is 14.7. The molecule has 0 aromatic heterocycles. The summed E-state index contributed by atoms with van der Waals surface area (Å²) in [4.78, 5) is 2.23. The average molecular weight is 460 g/mol. The van der Waals surface area contributed by atoms with E-state index in [2.05, 4.69) is 10.5 Å². The second kappa shape index (κ2) is 9.34. The Morgan fingerprint density at radius 1 is 1.19 bits per heavy atom. The van der Waals surface area contributed by atoms with E-state index in [0.717, 1.165) is 5.56 Å². The molecule has 31 heavy (non-hydrogen) atoms. The van der Waals surface area contributed by atoms with Crippen molar-refractivity contribution in [2.75, 3.05) is 36.5 Å². The van der Waals surface area contributed by atoms with E-state index in [-0.39, 0.29) is 10.6 Å². The number of hydrogen-bond donors (Lipinski definition) is 3. The molecule has 0 saturated carbocycles. The van der Waals surface area contributed by atoms with E-state index in [1.807, 2.05) is 11.8 Å². The Kier molecular flexibility index (Phi) is 6.80. The molecular weight excluding hydrogens is 438 g/mol. The first-order valence-electron chi connectivity index (χ1n) is 9.42. The minimum absolute atomic E-state index is 0.250. The second-order valence-electron chi connectivity index (χ2n) is 6.94. The molecule has 1 saturated heterocycles. The van der Waals surface area contributed by atoms with Gasteiger partial charge in [-0.15, -0.1) is 0 Å². The van der Waals surface area contributed by atoms with Crippen LogP contribution in [-0.2, 0) is 10.0 Å². The lowest BCUT2D eigenvalue weighted by Gasteiger charge is -2.36. The third-order valence-electron chi connectivity index (χ3n) is 4.85. The Bertz CT molecular complexity index is 1150. The summed E-state index contributed by atoms with van der Waals surface area (Å²) in [5, 5.41) is 20.7. The normalized spacial score (nSPS) is 15.4. The Morgan fingerprint density at radius 3 is 2.42 bits per heavy atom. The third-order valence-corrected chi connectivity index (χ3v) is 7.07. The van der Waals surface area contributed by atoms with Gasteiger partial charge in [0.05, 0.1) is 21.3 Å². The van der Waals surface area contributed by atoms with Crippen molar-refractivity contribution in [3.8, 4) is 6.07 Å². The van der Waals surface area contributed by atoms with Gasteiger partial charge in [-0.2, -0.15) is 14.7 Å². The maximum Gasteiger partial charge on any atom is 0.243 e. The van der Waals surface area contributed by atoms with Crippen LogP contribution in [-0.4, -0.2) is 50.4 Å². The highest BCUT2D eigenvalue weighted by atomic mass is 35.5. The van der Waals surface area contributed by atoms with Gasteiger partial charge in [0.2, 0.25) is 15.7 Å². The van der Waals surface area contributed by atoms with E-state index in [0.29, 0.717) is 42.6 Å². The van der Waals surface area contributed by atoms with Crippen LogP contribution >= 0.6 is 11.6 Å². The lowest BCUT2D eigenvalue weighted by molar-refractivity contribution is 0.385. The summed E-state index contributed by atoms with van der Waals surface area (Å²) >= 11 is 6.42. The minimum atomic E-state index is -3.58. The van der Waals surface area contributed by atoms with Crippen molar-refractivity contribution in [3.05, 3.63) is 53.1 Å². The van der Waals surface area contributed by atoms with Crippen molar-refractivity contribution < 1.29 is 8.42 Å². The van der Waals surface area contributed by atoms with Crippen LogP contribution in [0, 0.1) is 23.7 Å². The molecule has 0 unspecified atom stereocenters. The fourth-order valence-electron chi connectivity index (χ4n) is 3.20. The highest BCUT2D eigenvalue weighted by Crippen LogP contribution is 2.35. The molecule has 9 nitrogen and oxygen atoms in total. The molecule has 1 aliphatic rings. The van der Waals surface area contributed by atoms with Crippen molar-refractivity contribution in [3.63, 3.8) is 0 Å². The van der Waals surface area contributed by atoms with Gasteiger partial charge in [-0.05, 0) is 31.2 Å². The molecule has 4 N–H and O–H groups in total. The highest BCUT2D eigenvalue weighted by molar-refractivity contribution is 7.89. The molecule has 0 radical (unpaired) electrons. The quantitative estimate of drug-likeness (QED) is 0.344. The van der Waals surface area contributed by atoms with Gasteiger partial charge in [0.25, 0.3) is 0 Å². The number of nitriles is 1. The standard InChI is InChI=1S/C20H22ClN7O2S/c1-14-5-7-15(8-6-14)31(29,30)28-11-9-27(10-12-28)19-16(21)3-2-4-17(19)25-26-18(13-22)20(23)24/h2-8,25H,9-12H2,1H3,(H3,23,24)/b26-18+. The molecule has 0 bridgehead atoms. The highest BCUT2D eigenvalue weighted by Gasteiger charge is 2.29. The zero-order valence-electron chi connectivity index (χ0n) is 16.8. The van der Waals surface area contributed by atoms with Crippen LogP contribution < -0.4 is 16.1 Å². The Hall–Kier alpha value is -3.13. The van der Waals surface area contributed by atoms with Crippen molar-refractivity contribution >= 4 is 44.5 Å². The minimum Gasteiger partial charge on any atom is -0.382 e. The van der Waals surface area contributed by atoms with Gasteiger partial charge in [0.15, 0.2) is 5.84 Å². The largest absolute Gasteiger partial charge is 0.382 e. The number of amidine groups is 1. The van der Waals surface area contributed by atoms with Crippen LogP contribution in [0.3, 0.4) is 0 Å². The number of para-hydroxylation sites is 1. The molecule has 1 fully saturated rings. The lowest BCUT2D eigenvalue weighted by Crippen LogP contribution is -2.48. The number of nitrogens with two attached hydrogens (primary N) is 1. The number of aryl methyl sites for hydroxylation is 1. The van der Waals surface area contributed by atoms with Crippen LogP contribution in [0.15, 0.2) is 52.5 Å². The molecular formula is C20H22ClN7O2S. The zero-order chi connectivity index (χ0) is 22.6. The number of halogens is 1. The Balaban J connectivity index is 1.79. The van der Waals surface area contributed by atoms with Gasteiger partial charge in [0.1, 0.15) is 6.07 Å². The van der Waals surface area contributed by atoms with Gasteiger partial charge in [-0.25, -0.2) is 8.42 Å². The van der Waals surface area contributed by atoms with Gasteiger partial charge in [-0.1, -0.05) is 35.4 Å². The molecule has 2 aromatic carbocycles. The first-order valence-corrected chi connectivity index (χ1v) is 11.2. The number of nitrogens with one attached hydrogen (secondary N) is 2. The smallest absolute Gasteiger partial charge is 0.243 e. The van der Waals surface area contributed by atoms with E-state index in [1.54, 1.807) is 48.5 Å². The third kappa shape index (κ3) is 4.96. The molecule has 2 aromatic rings. The first kappa shape index (κ1) is 22.6. The maximum absolute atomic E-state index is 12.9. The zero-order valence-corrected chi connectivity index (χ0v) is 18.4. The number of piperazine rings is 1. The molecule has 0 amide bonds. The molecule has 1 aliphatic heterocycles. The lowest BCUT2D eigenvalue weighted by atomic mass is 10.2. The van der Waals surface area contributed by atoms with Gasteiger partial charge in [0, 0.05) is 26.2 Å². The van der Waals surface area contributed by atoms with E-state index in [9.17, 15) is 8.42 Å². The van der Waals surface area contributed by atoms with E-state index < -0.39 is 15.9 Å². The molecule has 1 heterocycles. The summed E-state index contributed by atoms with van der Waals surface area (Å²) in [6, 6.07) is 13.7. The molecule has 11 heteroatoms. The molecule has 162 valence electrons. The number of sulfonamides is 1. The number of anilines is 2. The maximum atomic E-state index is 12.9. The monoisotopic (exact) mass is 459 g/mol. The number of nitrogens with zero attached hydrogens (tertiary/aromatic N) is 4. The van der Waals surface area contributed by atoms with Crippen molar-refractivity contribution in [1.82, 2.24) is 4.31 Å². The van der Waals surface area contributed by atoms with Crippen molar-refractivity contribution in [2.45, 2.75) is 11.8 Å². The van der Waals surface area contributed by atoms with Crippen molar-refractivity contribution in [1.29, 1.82) is 10.7 Å². The number of benzene rings is 2. The predicted octanol–water partition coefficient (Wildman–Crippen LogP) is 2.39. The van der Waals surface area contributed by atoms with Gasteiger partial charge >= 0.3 is 0 Å². The summed E-state index contributed by atoms with van der Waals surface area (Å²) < 4.78 is 27.3. The summed E-state index contributed by atoms with van der Waals surface area (Å²) in [5.41, 5.74) is 9.98. The number of hydrazone groups is 1. The molecule has 3 rings (SSSR count). The van der Waals surface area contributed by atoms with E-state index >= 15 is 0 Å². The van der Waals surface area contributed by atoms with Gasteiger partial charge in [-0.3, -0.25) is 10.8 Å². The fraction of sp³-hybridized carbons (Fsp3) is 0.250. The number of rotatable bonds is 6. The van der Waals surface area contributed by atoms with Crippen LogP contribution in [0.2, 0.25) is 5.02 Å². The summed E-state index contributed by atoms with van der Waals surface area (Å²) in [7, 11) is -3.58. The predicted molar refractivity (Wildman–Crippen MR) is 122 cm³/mol. The number of hydrogen-bond acceptors (Lipinski definition) is 7. The van der Waals surface area contributed by atoms with Gasteiger partial charge < -0.3 is 10.6 Å². The van der Waals surface area contributed by atoms with Crippen LogP contribution in [0.25, 0.3) is 0 Å². The second-order valence-corrected chi connectivity index (χ2v) is 9.28. The average Bonchev–Trinajstić information content (AvgIpc) is 2.74. The van der Waals surface area contributed by atoms with Crippen molar-refractivity contribution in [2.24, 2.45) is 10.8 Å². The Labute approximate surface area is 186 Å². The summed E-state index contributed by atoms with van der Waals surface area (Å²) in [6.07, 6.45) is 0. The molecule has 0 atom stereocenters. The van der Waals surface area contributed by atoms with E-state index in [1.165, 1.54) is 4.31 Å². The van der Waals surface area contributed by atoms with Crippen LogP contribution in [0.1, 0.15) is 5.56 Å². The topological polar surface area (TPSA) is 139 Å². The SMILES string of the molecule is Cc1ccc(S(=O)(=O)N2CCN(c3c(Cl)cccc3N/N=C(\C#N)C(=N)N)CC2)cc1. The fourth-order valence-corrected chi connectivity index (χ4v) is 4.92. The van der Waals surface area contributed by atoms with Crippen LogP contribution in [0.4, 0.5) is 11.4 Å². The van der Waals surface area contributed by atoms with E-state index in [4.69, 9.17) is 28.0 Å². The van der Waals surface area contributed by atoms with Crippen LogP contribution in [0.5, 0.6) is 0 Å². The summed E-state index contributed by atoms with van der Waals surface area (Å²) in [6.45, 7) is 3.34. The Morgan fingerprint density at radius 2 is 1.84 bits per heavy atom. The molecule has 0 spiro atoms. The molecule has 0 aliphatic carbocycles. The summed E-state index contributed by atoms with van der Waals surface area (Å²) in [5.74, 6) is -0.450.